The quantitative estimate of drug-likeness (QED) is 0.370. The van der Waals surface area contributed by atoms with Crippen LogP contribution < -0.4 is 0 Å². The van der Waals surface area contributed by atoms with E-state index in [1.165, 1.54) is 62.5 Å². The molecule has 2 aliphatic rings. The van der Waals surface area contributed by atoms with Gasteiger partial charge in [0, 0.05) is 5.56 Å². The summed E-state index contributed by atoms with van der Waals surface area (Å²) in [7, 11) is 0. The number of hydrogen-bond acceptors (Lipinski definition) is 0. The van der Waals surface area contributed by atoms with Gasteiger partial charge in [0.05, 0.1) is 0 Å². The van der Waals surface area contributed by atoms with Crippen molar-refractivity contribution in [3.63, 3.8) is 0 Å². The molecule has 0 nitrogen and oxygen atoms in total. The summed E-state index contributed by atoms with van der Waals surface area (Å²) in [6.07, 6.45) is 17.6. The van der Waals surface area contributed by atoms with Gasteiger partial charge in [-0.25, -0.2) is 0 Å². The lowest BCUT2D eigenvalue weighted by Gasteiger charge is -2.18. The number of fused-ring (bicyclic) bond motifs is 1. The Kier molecular flexibility index (Phi) is 7.45. The zero-order valence-corrected chi connectivity index (χ0v) is 20.8. The van der Waals surface area contributed by atoms with Gasteiger partial charge in [0.1, 0.15) is 0 Å². The minimum atomic E-state index is 0.637. The topological polar surface area (TPSA) is 0 Å². The van der Waals surface area contributed by atoms with E-state index in [1.807, 2.05) is 0 Å². The van der Waals surface area contributed by atoms with Gasteiger partial charge in [-0.05, 0) is 108 Å². The first kappa shape index (κ1) is 23.2. The van der Waals surface area contributed by atoms with Crippen LogP contribution in [-0.2, 0) is 12.8 Å². The zero-order chi connectivity index (χ0) is 22.7. The van der Waals surface area contributed by atoms with E-state index in [9.17, 15) is 0 Å². The van der Waals surface area contributed by atoms with Gasteiger partial charge in [-0.15, -0.1) is 6.42 Å². The third-order valence-electron chi connectivity index (χ3n) is 8.03. The first-order chi connectivity index (χ1) is 15.5. The molecule has 0 saturated heterocycles. The SMILES string of the molecule is C#Cc1cc(C2CCC(c3cccc4c3CCC4CCCC(C)C)C2)ccc1CC(C)C. The van der Waals surface area contributed by atoms with Gasteiger partial charge in [0.2, 0.25) is 0 Å². The average molecular weight is 427 g/mol. The molecule has 0 bridgehead atoms. The molecule has 0 aliphatic heterocycles. The van der Waals surface area contributed by atoms with E-state index in [4.69, 9.17) is 6.42 Å². The lowest BCUT2D eigenvalue weighted by molar-refractivity contribution is 0.498. The number of rotatable bonds is 8. The number of benzene rings is 2. The van der Waals surface area contributed by atoms with E-state index in [2.05, 4.69) is 70.0 Å². The molecular weight excluding hydrogens is 384 g/mol. The fraction of sp³-hybridized carbons (Fsp3) is 0.562. The van der Waals surface area contributed by atoms with Gasteiger partial charge in [-0.3, -0.25) is 0 Å². The lowest BCUT2D eigenvalue weighted by Crippen LogP contribution is -2.02. The molecule has 0 heteroatoms. The molecule has 170 valence electrons. The predicted molar refractivity (Wildman–Crippen MR) is 138 cm³/mol. The third kappa shape index (κ3) is 5.14. The first-order valence-electron chi connectivity index (χ1n) is 13.2. The van der Waals surface area contributed by atoms with Crippen LogP contribution in [0.1, 0.15) is 124 Å². The Labute approximate surface area is 197 Å². The molecule has 0 amide bonds. The summed E-state index contributed by atoms with van der Waals surface area (Å²) in [5.74, 6) is 6.60. The molecular formula is C32H42. The summed E-state index contributed by atoms with van der Waals surface area (Å²) < 4.78 is 0. The molecule has 0 spiro atoms. The van der Waals surface area contributed by atoms with Crippen molar-refractivity contribution in [2.75, 3.05) is 0 Å². The molecule has 3 atom stereocenters. The molecule has 1 saturated carbocycles. The second-order valence-corrected chi connectivity index (χ2v) is 11.3. The maximum atomic E-state index is 5.89. The molecule has 1 fully saturated rings. The van der Waals surface area contributed by atoms with Crippen LogP contribution in [0, 0.1) is 24.2 Å². The van der Waals surface area contributed by atoms with Crippen molar-refractivity contribution in [1.82, 2.24) is 0 Å². The van der Waals surface area contributed by atoms with Crippen molar-refractivity contribution >= 4 is 0 Å². The second kappa shape index (κ2) is 10.3. The van der Waals surface area contributed by atoms with Crippen molar-refractivity contribution < 1.29 is 0 Å². The van der Waals surface area contributed by atoms with Crippen molar-refractivity contribution in [2.24, 2.45) is 11.8 Å². The molecule has 32 heavy (non-hydrogen) atoms. The average Bonchev–Trinajstić information content (AvgIpc) is 3.41. The van der Waals surface area contributed by atoms with Gasteiger partial charge in [0.15, 0.2) is 0 Å². The van der Waals surface area contributed by atoms with E-state index >= 15 is 0 Å². The van der Waals surface area contributed by atoms with Crippen LogP contribution >= 0.6 is 0 Å². The largest absolute Gasteiger partial charge is 0.115 e. The summed E-state index contributed by atoms with van der Waals surface area (Å²) in [5.41, 5.74) is 8.98. The molecule has 2 aromatic carbocycles. The summed E-state index contributed by atoms with van der Waals surface area (Å²) in [6, 6.07) is 14.2. The van der Waals surface area contributed by atoms with Crippen molar-refractivity contribution in [3.05, 3.63) is 69.8 Å². The zero-order valence-electron chi connectivity index (χ0n) is 20.8. The molecule has 0 radical (unpaired) electrons. The number of terminal acetylenes is 1. The van der Waals surface area contributed by atoms with Gasteiger partial charge in [-0.2, -0.15) is 0 Å². The molecule has 4 rings (SSSR count). The summed E-state index contributed by atoms with van der Waals surface area (Å²) in [5, 5.41) is 0. The molecule has 3 unspecified atom stereocenters. The van der Waals surface area contributed by atoms with Crippen LogP contribution in [0.4, 0.5) is 0 Å². The highest BCUT2D eigenvalue weighted by atomic mass is 14.4. The Morgan fingerprint density at radius 1 is 0.938 bits per heavy atom. The van der Waals surface area contributed by atoms with E-state index in [0.717, 1.165) is 23.8 Å². The molecule has 0 N–H and O–H groups in total. The van der Waals surface area contributed by atoms with Crippen molar-refractivity contribution in [3.8, 4) is 12.3 Å². The van der Waals surface area contributed by atoms with Crippen LogP contribution in [0.2, 0.25) is 0 Å². The van der Waals surface area contributed by atoms with Crippen molar-refractivity contribution in [2.45, 2.75) is 103 Å². The Balaban J connectivity index is 1.47. The molecule has 2 aliphatic carbocycles. The van der Waals surface area contributed by atoms with Crippen LogP contribution in [0.5, 0.6) is 0 Å². The maximum Gasteiger partial charge on any atom is 0.0277 e. The highest BCUT2D eigenvalue weighted by molar-refractivity contribution is 5.46. The van der Waals surface area contributed by atoms with E-state index in [1.54, 1.807) is 16.7 Å². The monoisotopic (exact) mass is 426 g/mol. The predicted octanol–water partition coefficient (Wildman–Crippen LogP) is 8.77. The van der Waals surface area contributed by atoms with Crippen molar-refractivity contribution in [1.29, 1.82) is 0 Å². The fourth-order valence-corrected chi connectivity index (χ4v) is 6.39. The Bertz CT molecular complexity index is 954. The first-order valence-corrected chi connectivity index (χ1v) is 13.2. The summed E-state index contributed by atoms with van der Waals surface area (Å²) >= 11 is 0. The highest BCUT2D eigenvalue weighted by Crippen LogP contribution is 2.48. The Morgan fingerprint density at radius 3 is 2.47 bits per heavy atom. The van der Waals surface area contributed by atoms with Crippen LogP contribution in [0.15, 0.2) is 36.4 Å². The minimum absolute atomic E-state index is 0.637. The molecule has 0 aromatic heterocycles. The van der Waals surface area contributed by atoms with Crippen LogP contribution in [0.25, 0.3) is 0 Å². The summed E-state index contributed by atoms with van der Waals surface area (Å²) in [4.78, 5) is 0. The molecule has 0 heterocycles. The lowest BCUT2D eigenvalue weighted by atomic mass is 9.86. The van der Waals surface area contributed by atoms with Gasteiger partial charge < -0.3 is 0 Å². The summed E-state index contributed by atoms with van der Waals surface area (Å²) in [6.45, 7) is 9.23. The fourth-order valence-electron chi connectivity index (χ4n) is 6.39. The smallest absolute Gasteiger partial charge is 0.0277 e. The van der Waals surface area contributed by atoms with Gasteiger partial charge >= 0.3 is 0 Å². The number of hydrogen-bond donors (Lipinski definition) is 0. The van der Waals surface area contributed by atoms with E-state index < -0.39 is 0 Å². The second-order valence-electron chi connectivity index (χ2n) is 11.3. The Hall–Kier alpha value is -2.00. The van der Waals surface area contributed by atoms with Crippen LogP contribution in [-0.4, -0.2) is 0 Å². The van der Waals surface area contributed by atoms with Gasteiger partial charge in [0.25, 0.3) is 0 Å². The van der Waals surface area contributed by atoms with E-state index in [-0.39, 0.29) is 0 Å². The maximum absolute atomic E-state index is 5.89. The van der Waals surface area contributed by atoms with Gasteiger partial charge in [-0.1, -0.05) is 76.8 Å². The normalized spacial score (nSPS) is 22.5. The highest BCUT2D eigenvalue weighted by Gasteiger charge is 2.32. The van der Waals surface area contributed by atoms with Crippen LogP contribution in [0.3, 0.4) is 0 Å². The minimum Gasteiger partial charge on any atom is -0.115 e. The standard InChI is InChI=1S/C32H42/c1-6-24-20-27(14-13-26(24)19-23(4)5)28-15-16-29(21-28)31-12-8-11-30-25(17-18-32(30)31)10-7-9-22(2)3/h1,8,11-14,20,22-23,25,28-29H,7,9-10,15-19,21H2,2-5H3. The third-order valence-corrected chi connectivity index (χ3v) is 8.03. The Morgan fingerprint density at radius 2 is 1.72 bits per heavy atom. The van der Waals surface area contributed by atoms with E-state index in [0.29, 0.717) is 17.8 Å². The molecule has 2 aromatic rings.